The molecule has 0 aliphatic carbocycles. The van der Waals surface area contributed by atoms with E-state index < -0.39 is 18.0 Å². The molecule has 1 aromatic rings. The van der Waals surface area contributed by atoms with Gasteiger partial charge in [0.25, 0.3) is 0 Å². The Bertz CT molecular complexity index is 473. The normalized spacial score (nSPS) is 11.8. The fraction of sp³-hybridized carbons (Fsp3) is 0.467. The molecular weight excluding hydrogens is 272 g/mol. The molecule has 21 heavy (non-hydrogen) atoms. The summed E-state index contributed by atoms with van der Waals surface area (Å²) in [7, 11) is 3.09. The van der Waals surface area contributed by atoms with Crippen molar-refractivity contribution in [3.8, 4) is 0 Å². The molecule has 0 aliphatic heterocycles. The number of ether oxygens (including phenoxy) is 1. The molecule has 0 saturated heterocycles. The molecule has 0 heterocycles. The number of aliphatic carboxylic acids is 1. The van der Waals surface area contributed by atoms with E-state index in [9.17, 15) is 9.59 Å². The molecule has 0 aliphatic rings. The minimum absolute atomic E-state index is 0.222. The molecule has 1 aromatic carbocycles. The van der Waals surface area contributed by atoms with Crippen molar-refractivity contribution in [2.45, 2.75) is 25.8 Å². The van der Waals surface area contributed by atoms with Crippen LogP contribution in [0, 0.1) is 0 Å². The molecule has 0 fully saturated rings. The highest BCUT2D eigenvalue weighted by Gasteiger charge is 2.21. The number of carboxylic acid groups (broad SMARTS) is 1. The summed E-state index contributed by atoms with van der Waals surface area (Å²) in [5, 5.41) is 11.6. The topological polar surface area (TPSA) is 78.9 Å². The lowest BCUT2D eigenvalue weighted by Gasteiger charge is -2.21. The largest absolute Gasteiger partial charge is 0.480 e. The summed E-state index contributed by atoms with van der Waals surface area (Å²) >= 11 is 0. The first-order valence-corrected chi connectivity index (χ1v) is 6.84. The van der Waals surface area contributed by atoms with Crippen molar-refractivity contribution in [1.29, 1.82) is 0 Å². The van der Waals surface area contributed by atoms with Gasteiger partial charge in [-0.25, -0.2) is 9.59 Å². The summed E-state index contributed by atoms with van der Waals surface area (Å²) in [6.07, 6.45) is 1.15. The molecule has 6 nitrogen and oxygen atoms in total. The monoisotopic (exact) mass is 294 g/mol. The van der Waals surface area contributed by atoms with Crippen LogP contribution in [0.3, 0.4) is 0 Å². The molecule has 2 N–H and O–H groups in total. The van der Waals surface area contributed by atoms with Crippen molar-refractivity contribution < 1.29 is 19.4 Å². The number of amides is 2. The van der Waals surface area contributed by atoms with Gasteiger partial charge in [-0.05, 0) is 24.1 Å². The average molecular weight is 294 g/mol. The number of nitrogens with one attached hydrogen (secondary N) is 1. The quantitative estimate of drug-likeness (QED) is 0.805. The van der Waals surface area contributed by atoms with E-state index >= 15 is 0 Å². The van der Waals surface area contributed by atoms with Gasteiger partial charge in [0, 0.05) is 32.9 Å². The van der Waals surface area contributed by atoms with Crippen LogP contribution in [0.25, 0.3) is 0 Å². The number of aryl methyl sites for hydroxylation is 1. The predicted molar refractivity (Wildman–Crippen MR) is 80.7 cm³/mol. The van der Waals surface area contributed by atoms with Crippen molar-refractivity contribution in [3.63, 3.8) is 0 Å². The number of methoxy groups -OCH3 is 1. The number of benzene rings is 1. The lowest BCUT2D eigenvalue weighted by atomic mass is 10.1. The van der Waals surface area contributed by atoms with Crippen LogP contribution in [0.5, 0.6) is 0 Å². The molecule has 116 valence electrons. The maximum absolute atomic E-state index is 12.1. The van der Waals surface area contributed by atoms with Crippen molar-refractivity contribution in [3.05, 3.63) is 29.8 Å². The van der Waals surface area contributed by atoms with E-state index in [2.05, 4.69) is 12.2 Å². The third-order valence-electron chi connectivity index (χ3n) is 3.24. The molecule has 2 amide bonds. The predicted octanol–water partition coefficient (Wildman–Crippen LogP) is 1.88. The number of anilines is 1. The Balaban J connectivity index is 2.69. The average Bonchev–Trinajstić information content (AvgIpc) is 2.50. The van der Waals surface area contributed by atoms with E-state index in [1.165, 1.54) is 17.6 Å². The zero-order valence-electron chi connectivity index (χ0n) is 12.6. The third-order valence-corrected chi connectivity index (χ3v) is 3.24. The Hall–Kier alpha value is -2.08. The zero-order valence-corrected chi connectivity index (χ0v) is 12.6. The summed E-state index contributed by atoms with van der Waals surface area (Å²) in [5.41, 5.74) is 1.89. The van der Waals surface area contributed by atoms with Gasteiger partial charge in [-0.15, -0.1) is 0 Å². The smallest absolute Gasteiger partial charge is 0.326 e. The number of nitrogens with zero attached hydrogens (tertiary/aromatic N) is 1. The van der Waals surface area contributed by atoms with Crippen LogP contribution in [0.1, 0.15) is 18.9 Å². The van der Waals surface area contributed by atoms with E-state index in [0.717, 1.165) is 6.42 Å². The van der Waals surface area contributed by atoms with Crippen LogP contribution in [-0.2, 0) is 16.0 Å². The van der Waals surface area contributed by atoms with Crippen LogP contribution in [-0.4, -0.2) is 43.9 Å². The van der Waals surface area contributed by atoms with Gasteiger partial charge in [0.1, 0.15) is 6.04 Å². The fourth-order valence-corrected chi connectivity index (χ4v) is 1.81. The van der Waals surface area contributed by atoms with E-state index in [4.69, 9.17) is 9.84 Å². The van der Waals surface area contributed by atoms with Gasteiger partial charge in [0.05, 0.1) is 0 Å². The van der Waals surface area contributed by atoms with Crippen LogP contribution >= 0.6 is 0 Å². The van der Waals surface area contributed by atoms with E-state index in [1.807, 2.05) is 24.3 Å². The van der Waals surface area contributed by atoms with Gasteiger partial charge in [-0.1, -0.05) is 19.1 Å². The van der Waals surface area contributed by atoms with Gasteiger partial charge >= 0.3 is 12.0 Å². The number of hydrogen-bond donors (Lipinski definition) is 2. The van der Waals surface area contributed by atoms with Crippen LogP contribution in [0.4, 0.5) is 10.5 Å². The molecule has 0 aromatic heterocycles. The highest BCUT2D eigenvalue weighted by atomic mass is 16.5. The Morgan fingerprint density at radius 1 is 1.33 bits per heavy atom. The van der Waals surface area contributed by atoms with Gasteiger partial charge in [-0.3, -0.25) is 4.90 Å². The van der Waals surface area contributed by atoms with Gasteiger partial charge < -0.3 is 15.2 Å². The Morgan fingerprint density at radius 2 is 1.95 bits per heavy atom. The minimum atomic E-state index is -1.07. The second-order valence-electron chi connectivity index (χ2n) is 4.70. The molecule has 6 heteroatoms. The third kappa shape index (κ3) is 5.07. The van der Waals surface area contributed by atoms with Gasteiger partial charge in [0.2, 0.25) is 0 Å². The molecule has 1 unspecified atom stereocenters. The van der Waals surface area contributed by atoms with Crippen molar-refractivity contribution in [2.24, 2.45) is 0 Å². The number of hydrogen-bond acceptors (Lipinski definition) is 3. The molecule has 0 radical (unpaired) electrons. The Labute approximate surface area is 124 Å². The molecule has 1 rings (SSSR count). The molecule has 1 atom stereocenters. The maximum Gasteiger partial charge on any atom is 0.326 e. The number of carbonyl (C=O) groups is 2. The Morgan fingerprint density at radius 3 is 2.43 bits per heavy atom. The first kappa shape index (κ1) is 17.0. The zero-order chi connectivity index (χ0) is 15.8. The SMILES string of the molecule is CCc1ccc(N(C)C(=O)NC(CCOC)C(=O)O)cc1. The van der Waals surface area contributed by atoms with E-state index in [0.29, 0.717) is 5.69 Å². The van der Waals surface area contributed by atoms with E-state index in [1.54, 1.807) is 7.05 Å². The summed E-state index contributed by atoms with van der Waals surface area (Å²) in [4.78, 5) is 24.6. The standard InChI is InChI=1S/C15H22N2O4/c1-4-11-5-7-12(8-6-11)17(2)15(20)16-13(14(18)19)9-10-21-3/h5-8,13H,4,9-10H2,1-3H3,(H,16,20)(H,18,19). The van der Waals surface area contributed by atoms with Gasteiger partial charge in [0.15, 0.2) is 0 Å². The number of rotatable bonds is 7. The second kappa shape index (κ2) is 8.26. The minimum Gasteiger partial charge on any atom is -0.480 e. The van der Waals surface area contributed by atoms with Crippen molar-refractivity contribution in [1.82, 2.24) is 5.32 Å². The number of urea groups is 1. The maximum atomic E-state index is 12.1. The molecule has 0 saturated carbocycles. The van der Waals surface area contributed by atoms with Crippen LogP contribution < -0.4 is 10.2 Å². The van der Waals surface area contributed by atoms with Crippen molar-refractivity contribution in [2.75, 3.05) is 25.7 Å². The van der Waals surface area contributed by atoms with Crippen molar-refractivity contribution >= 4 is 17.7 Å². The Kier molecular flexibility index (Phi) is 6.68. The summed E-state index contributed by atoms with van der Waals surface area (Å²) < 4.78 is 4.85. The molecule has 0 spiro atoms. The van der Waals surface area contributed by atoms with Crippen LogP contribution in [0.2, 0.25) is 0 Å². The summed E-state index contributed by atoms with van der Waals surface area (Å²) in [6.45, 7) is 2.32. The van der Waals surface area contributed by atoms with Gasteiger partial charge in [-0.2, -0.15) is 0 Å². The number of carbonyl (C=O) groups excluding carboxylic acids is 1. The highest BCUT2D eigenvalue weighted by Crippen LogP contribution is 2.14. The molecular formula is C15H22N2O4. The lowest BCUT2D eigenvalue weighted by molar-refractivity contribution is -0.139. The fourth-order valence-electron chi connectivity index (χ4n) is 1.81. The second-order valence-corrected chi connectivity index (χ2v) is 4.70. The summed E-state index contributed by atoms with van der Waals surface area (Å²) in [6, 6.07) is 6.14. The first-order valence-electron chi connectivity index (χ1n) is 6.84. The molecule has 0 bridgehead atoms. The van der Waals surface area contributed by atoms with E-state index in [-0.39, 0.29) is 13.0 Å². The first-order chi connectivity index (χ1) is 9.99. The number of carboxylic acids is 1. The summed E-state index contributed by atoms with van der Waals surface area (Å²) in [5.74, 6) is -1.07. The highest BCUT2D eigenvalue weighted by molar-refractivity contribution is 5.93. The van der Waals surface area contributed by atoms with Crippen LogP contribution in [0.15, 0.2) is 24.3 Å². The lowest BCUT2D eigenvalue weighted by Crippen LogP contribution is -2.47.